The monoisotopic (exact) mass is 278 g/mol. The largest absolute Gasteiger partial charge is 0.343 e. The van der Waals surface area contributed by atoms with Gasteiger partial charge < -0.3 is 10.2 Å². The number of hydrogen-bond acceptors (Lipinski definition) is 2. The lowest BCUT2D eigenvalue weighted by atomic mass is 9.90. The molecule has 5 unspecified atom stereocenters. The van der Waals surface area contributed by atoms with E-state index in [1.54, 1.807) is 0 Å². The summed E-state index contributed by atoms with van der Waals surface area (Å²) in [7, 11) is 0. The van der Waals surface area contributed by atoms with E-state index in [9.17, 15) is 9.59 Å². The van der Waals surface area contributed by atoms with Crippen LogP contribution >= 0.6 is 0 Å². The summed E-state index contributed by atoms with van der Waals surface area (Å²) in [6, 6.07) is -0.287. The molecular weight excluding hydrogens is 252 g/mol. The molecule has 2 amide bonds. The van der Waals surface area contributed by atoms with Gasteiger partial charge in [-0.25, -0.2) is 0 Å². The number of nitrogens with zero attached hydrogens (tertiary/aromatic N) is 1. The predicted octanol–water partition coefficient (Wildman–Crippen LogP) is 1.94. The smallest absolute Gasteiger partial charge is 0.246 e. The van der Waals surface area contributed by atoms with Gasteiger partial charge in [0.25, 0.3) is 0 Å². The van der Waals surface area contributed by atoms with Crippen LogP contribution in [0.3, 0.4) is 0 Å². The second-order valence-electron chi connectivity index (χ2n) is 7.35. The Bertz CT molecular complexity index is 421. The topological polar surface area (TPSA) is 49.4 Å². The highest BCUT2D eigenvalue weighted by molar-refractivity contribution is 5.97. The molecule has 5 atom stereocenters. The van der Waals surface area contributed by atoms with Gasteiger partial charge in [-0.15, -0.1) is 0 Å². The molecule has 0 aromatic carbocycles. The molecule has 20 heavy (non-hydrogen) atoms. The molecule has 3 fully saturated rings. The number of nitrogens with one attached hydrogen (secondary N) is 1. The molecule has 2 bridgehead atoms. The first-order valence-corrected chi connectivity index (χ1v) is 8.10. The molecule has 0 spiro atoms. The number of fused-ring (bicyclic) bond motifs is 2. The summed E-state index contributed by atoms with van der Waals surface area (Å²) in [4.78, 5) is 26.9. The molecule has 2 aliphatic carbocycles. The maximum Gasteiger partial charge on any atom is 0.246 e. The third-order valence-corrected chi connectivity index (χ3v) is 5.43. The zero-order valence-corrected chi connectivity index (χ0v) is 12.8. The summed E-state index contributed by atoms with van der Waals surface area (Å²) < 4.78 is 0. The van der Waals surface area contributed by atoms with Crippen molar-refractivity contribution in [3.8, 4) is 0 Å². The van der Waals surface area contributed by atoms with Gasteiger partial charge in [-0.1, -0.05) is 20.3 Å². The van der Waals surface area contributed by atoms with Crippen LogP contribution in [-0.2, 0) is 9.59 Å². The fourth-order valence-electron chi connectivity index (χ4n) is 4.48. The van der Waals surface area contributed by atoms with Crippen molar-refractivity contribution in [2.45, 2.75) is 71.0 Å². The standard InChI is InChI=1S/C16H26N2O2/c1-9(2)6-13-16(20)18(10(3)15(19)17-13)14-8-11-4-5-12(14)7-11/h9-14H,4-8H2,1-3H3,(H,17,19). The highest BCUT2D eigenvalue weighted by Gasteiger charge is 2.49. The van der Waals surface area contributed by atoms with E-state index < -0.39 is 0 Å². The Labute approximate surface area is 121 Å². The predicted molar refractivity (Wildman–Crippen MR) is 76.9 cm³/mol. The van der Waals surface area contributed by atoms with Crippen LogP contribution in [0.5, 0.6) is 0 Å². The lowest BCUT2D eigenvalue weighted by molar-refractivity contribution is -0.153. The zero-order valence-electron chi connectivity index (χ0n) is 12.8. The van der Waals surface area contributed by atoms with Gasteiger partial charge in [0.2, 0.25) is 11.8 Å². The Kier molecular flexibility index (Phi) is 3.51. The third-order valence-electron chi connectivity index (χ3n) is 5.43. The first-order chi connectivity index (χ1) is 9.47. The first-order valence-electron chi connectivity index (χ1n) is 8.10. The second kappa shape index (κ2) is 5.05. The van der Waals surface area contributed by atoms with Crippen LogP contribution < -0.4 is 5.32 Å². The van der Waals surface area contributed by atoms with Crippen LogP contribution in [-0.4, -0.2) is 34.8 Å². The Morgan fingerprint density at radius 1 is 1.25 bits per heavy atom. The number of carbonyl (C=O) groups is 2. The van der Waals surface area contributed by atoms with E-state index in [4.69, 9.17) is 0 Å². The van der Waals surface area contributed by atoms with Gasteiger partial charge in [0.15, 0.2) is 0 Å². The molecule has 4 nitrogen and oxygen atoms in total. The third kappa shape index (κ3) is 2.23. The van der Waals surface area contributed by atoms with E-state index in [2.05, 4.69) is 19.2 Å². The average Bonchev–Trinajstić information content (AvgIpc) is 2.98. The molecule has 0 radical (unpaired) electrons. The van der Waals surface area contributed by atoms with Crippen molar-refractivity contribution in [1.29, 1.82) is 0 Å². The van der Waals surface area contributed by atoms with Gasteiger partial charge in [0.1, 0.15) is 12.1 Å². The van der Waals surface area contributed by atoms with Crippen molar-refractivity contribution in [2.75, 3.05) is 0 Å². The molecule has 1 heterocycles. The van der Waals surface area contributed by atoms with E-state index in [1.807, 2.05) is 11.8 Å². The summed E-state index contributed by atoms with van der Waals surface area (Å²) in [5, 5.41) is 2.91. The van der Waals surface area contributed by atoms with E-state index in [1.165, 1.54) is 19.3 Å². The van der Waals surface area contributed by atoms with Crippen molar-refractivity contribution in [1.82, 2.24) is 10.2 Å². The van der Waals surface area contributed by atoms with Gasteiger partial charge >= 0.3 is 0 Å². The summed E-state index contributed by atoms with van der Waals surface area (Å²) in [6.45, 7) is 6.07. The fraction of sp³-hybridized carbons (Fsp3) is 0.875. The quantitative estimate of drug-likeness (QED) is 0.857. The van der Waals surface area contributed by atoms with Crippen molar-refractivity contribution in [3.05, 3.63) is 0 Å². The molecule has 3 rings (SSSR count). The Morgan fingerprint density at radius 3 is 2.55 bits per heavy atom. The van der Waals surface area contributed by atoms with E-state index >= 15 is 0 Å². The lowest BCUT2D eigenvalue weighted by Crippen LogP contribution is -2.65. The highest BCUT2D eigenvalue weighted by Crippen LogP contribution is 2.47. The maximum absolute atomic E-state index is 12.8. The molecule has 3 aliphatic rings. The van der Waals surface area contributed by atoms with Crippen molar-refractivity contribution in [3.63, 3.8) is 0 Å². The first kappa shape index (κ1) is 13.9. The fourth-order valence-corrected chi connectivity index (χ4v) is 4.48. The summed E-state index contributed by atoms with van der Waals surface area (Å²) in [5.41, 5.74) is 0. The molecule has 0 aromatic rings. The number of amides is 2. The van der Waals surface area contributed by atoms with Crippen LogP contribution in [0.2, 0.25) is 0 Å². The number of piperazine rings is 1. The molecule has 2 saturated carbocycles. The van der Waals surface area contributed by atoms with Gasteiger partial charge in [0, 0.05) is 6.04 Å². The Hall–Kier alpha value is -1.06. The van der Waals surface area contributed by atoms with Crippen molar-refractivity contribution < 1.29 is 9.59 Å². The summed E-state index contributed by atoms with van der Waals surface area (Å²) in [6.07, 6.45) is 5.68. The van der Waals surface area contributed by atoms with E-state index in [-0.39, 0.29) is 23.9 Å². The number of carbonyl (C=O) groups excluding carboxylic acids is 2. The average molecular weight is 278 g/mol. The Balaban J connectivity index is 1.80. The van der Waals surface area contributed by atoms with Gasteiger partial charge in [0.05, 0.1) is 0 Å². The van der Waals surface area contributed by atoms with Crippen molar-refractivity contribution >= 4 is 11.8 Å². The summed E-state index contributed by atoms with van der Waals surface area (Å²) in [5.74, 6) is 2.02. The zero-order chi connectivity index (χ0) is 14.4. The van der Waals surface area contributed by atoms with Gasteiger partial charge in [-0.3, -0.25) is 9.59 Å². The molecule has 112 valence electrons. The molecule has 1 aliphatic heterocycles. The molecule has 1 N–H and O–H groups in total. The second-order valence-corrected chi connectivity index (χ2v) is 7.35. The van der Waals surface area contributed by atoms with Crippen LogP contribution in [0, 0.1) is 17.8 Å². The summed E-state index contributed by atoms with van der Waals surface area (Å²) >= 11 is 0. The van der Waals surface area contributed by atoms with Gasteiger partial charge in [-0.2, -0.15) is 0 Å². The lowest BCUT2D eigenvalue weighted by Gasteiger charge is -2.44. The van der Waals surface area contributed by atoms with Crippen LogP contribution in [0.25, 0.3) is 0 Å². The molecule has 1 saturated heterocycles. The molecular formula is C16H26N2O2. The van der Waals surface area contributed by atoms with E-state index in [0.29, 0.717) is 17.9 Å². The normalized spacial score (nSPS) is 40.6. The highest BCUT2D eigenvalue weighted by atomic mass is 16.2. The van der Waals surface area contributed by atoms with Crippen LogP contribution in [0.15, 0.2) is 0 Å². The number of hydrogen-bond donors (Lipinski definition) is 1. The Morgan fingerprint density at radius 2 is 2.00 bits per heavy atom. The minimum atomic E-state index is -0.308. The van der Waals surface area contributed by atoms with Gasteiger partial charge in [-0.05, 0) is 50.4 Å². The van der Waals surface area contributed by atoms with Crippen molar-refractivity contribution in [2.24, 2.45) is 17.8 Å². The molecule has 0 aromatic heterocycles. The number of rotatable bonds is 3. The van der Waals surface area contributed by atoms with Crippen LogP contribution in [0.1, 0.15) is 52.9 Å². The SMILES string of the molecule is CC(C)CC1NC(=O)C(C)N(C2CC3CCC2C3)C1=O. The van der Waals surface area contributed by atoms with E-state index in [0.717, 1.165) is 18.8 Å². The minimum absolute atomic E-state index is 0.0259. The maximum atomic E-state index is 12.8. The molecule has 4 heteroatoms. The minimum Gasteiger partial charge on any atom is -0.343 e. The van der Waals surface area contributed by atoms with Crippen LogP contribution in [0.4, 0.5) is 0 Å².